The molecule has 0 aliphatic heterocycles. The van der Waals surface area contributed by atoms with E-state index in [0.717, 1.165) is 7.05 Å². The van der Waals surface area contributed by atoms with Crippen LogP contribution >= 0.6 is 0 Å². The zero-order valence-electron chi connectivity index (χ0n) is 12.0. The van der Waals surface area contributed by atoms with Crippen molar-refractivity contribution >= 4 is 11.6 Å². The van der Waals surface area contributed by atoms with Gasteiger partial charge in [-0.1, -0.05) is 13.0 Å². The molecule has 1 amide bonds. The fourth-order valence-corrected chi connectivity index (χ4v) is 1.65. The van der Waals surface area contributed by atoms with Crippen LogP contribution in [0.25, 0.3) is 0 Å². The Bertz CT molecular complexity index is 561. The number of nitro benzene ring substituents is 1. The van der Waals surface area contributed by atoms with Crippen molar-refractivity contribution in [2.45, 2.75) is 19.5 Å². The van der Waals surface area contributed by atoms with Crippen molar-refractivity contribution < 1.29 is 27.6 Å². The molecule has 0 aromatic heterocycles. The predicted molar refractivity (Wildman–Crippen MR) is 71.7 cm³/mol. The highest BCUT2D eigenvalue weighted by Crippen LogP contribution is 2.28. The lowest BCUT2D eigenvalue weighted by Gasteiger charge is -2.19. The summed E-state index contributed by atoms with van der Waals surface area (Å²) in [4.78, 5) is 22.2. The maximum absolute atomic E-state index is 12.2. The van der Waals surface area contributed by atoms with Crippen LogP contribution in [0.4, 0.5) is 18.9 Å². The van der Waals surface area contributed by atoms with Gasteiger partial charge in [-0.3, -0.25) is 14.9 Å². The number of ether oxygens (including phenoxy) is 1. The van der Waals surface area contributed by atoms with E-state index < -0.39 is 30.2 Å². The van der Waals surface area contributed by atoms with Crippen LogP contribution in [0.15, 0.2) is 18.2 Å². The summed E-state index contributed by atoms with van der Waals surface area (Å²) >= 11 is 0. The Morgan fingerprint density at radius 2 is 2.05 bits per heavy atom. The molecule has 1 aromatic rings. The zero-order valence-corrected chi connectivity index (χ0v) is 12.0. The first-order chi connectivity index (χ1) is 10.1. The summed E-state index contributed by atoms with van der Waals surface area (Å²) in [6, 6.07) is 4.22. The van der Waals surface area contributed by atoms with Gasteiger partial charge in [-0.25, -0.2) is 0 Å². The van der Waals surface area contributed by atoms with Gasteiger partial charge in [0.05, 0.1) is 4.92 Å². The van der Waals surface area contributed by atoms with Gasteiger partial charge in [-0.15, -0.1) is 0 Å². The molecular weight excluding hydrogens is 305 g/mol. The van der Waals surface area contributed by atoms with Crippen LogP contribution in [0.1, 0.15) is 12.5 Å². The number of carbonyl (C=O) groups excluding carboxylic acids is 1. The van der Waals surface area contributed by atoms with E-state index in [0.29, 0.717) is 16.9 Å². The van der Waals surface area contributed by atoms with Gasteiger partial charge < -0.3 is 9.64 Å². The van der Waals surface area contributed by atoms with Crippen molar-refractivity contribution in [3.05, 3.63) is 33.9 Å². The van der Waals surface area contributed by atoms with E-state index in [9.17, 15) is 28.1 Å². The lowest BCUT2D eigenvalue weighted by molar-refractivity contribution is -0.385. The molecule has 0 atom stereocenters. The Balaban J connectivity index is 2.75. The number of hydrogen-bond acceptors (Lipinski definition) is 4. The number of nitrogens with zero attached hydrogens (tertiary/aromatic N) is 2. The summed E-state index contributed by atoms with van der Waals surface area (Å²) in [6.07, 6.45) is -3.94. The smallest absolute Gasteiger partial charge is 0.406 e. The van der Waals surface area contributed by atoms with Crippen LogP contribution in [0.2, 0.25) is 0 Å². The third kappa shape index (κ3) is 5.23. The summed E-state index contributed by atoms with van der Waals surface area (Å²) < 4.78 is 41.5. The number of aryl methyl sites for hydroxylation is 1. The first kappa shape index (κ1) is 17.7. The molecule has 0 heterocycles. The van der Waals surface area contributed by atoms with Gasteiger partial charge in [0.2, 0.25) is 0 Å². The molecule has 1 rings (SSSR count). The van der Waals surface area contributed by atoms with Crippen LogP contribution in [0.5, 0.6) is 5.75 Å². The number of carbonyl (C=O) groups is 1. The second kappa shape index (κ2) is 7.10. The van der Waals surface area contributed by atoms with Crippen molar-refractivity contribution in [1.29, 1.82) is 0 Å². The summed E-state index contributed by atoms with van der Waals surface area (Å²) in [5.41, 5.74) is 0.380. The van der Waals surface area contributed by atoms with Crippen molar-refractivity contribution in [2.75, 3.05) is 20.2 Å². The van der Waals surface area contributed by atoms with Crippen LogP contribution in [-0.4, -0.2) is 42.1 Å². The predicted octanol–water partition coefficient (Wildman–Crippen LogP) is 2.56. The van der Waals surface area contributed by atoms with Gasteiger partial charge in [0.1, 0.15) is 6.54 Å². The highest BCUT2D eigenvalue weighted by Gasteiger charge is 2.31. The lowest BCUT2D eigenvalue weighted by Crippen LogP contribution is -2.38. The number of amides is 1. The van der Waals surface area contributed by atoms with Crippen molar-refractivity contribution in [3.63, 3.8) is 0 Å². The highest BCUT2D eigenvalue weighted by atomic mass is 19.4. The molecule has 0 saturated heterocycles. The number of halogens is 3. The number of likely N-dealkylation sites (N-methyl/N-ethyl adjacent to an activating group) is 1. The van der Waals surface area contributed by atoms with E-state index >= 15 is 0 Å². The van der Waals surface area contributed by atoms with Crippen molar-refractivity contribution in [2.24, 2.45) is 0 Å². The Hall–Kier alpha value is -2.32. The average molecular weight is 320 g/mol. The molecule has 0 saturated carbocycles. The monoisotopic (exact) mass is 320 g/mol. The number of hydrogen-bond donors (Lipinski definition) is 0. The summed E-state index contributed by atoms with van der Waals surface area (Å²) in [7, 11) is 0.980. The number of benzene rings is 1. The first-order valence-electron chi connectivity index (χ1n) is 6.35. The largest absolute Gasteiger partial charge is 0.477 e. The molecular formula is C13H15F3N2O4. The first-order valence-corrected chi connectivity index (χ1v) is 6.35. The third-order valence-corrected chi connectivity index (χ3v) is 2.82. The lowest BCUT2D eigenvalue weighted by atomic mass is 10.1. The second-order valence-electron chi connectivity index (χ2n) is 4.57. The van der Waals surface area contributed by atoms with Gasteiger partial charge in [0.25, 0.3) is 5.91 Å². The summed E-state index contributed by atoms with van der Waals surface area (Å²) in [5.74, 6) is -1.08. The van der Waals surface area contributed by atoms with E-state index in [1.807, 2.05) is 6.92 Å². The van der Waals surface area contributed by atoms with Gasteiger partial charge in [-0.05, 0) is 18.1 Å². The maximum atomic E-state index is 12.2. The second-order valence-corrected chi connectivity index (χ2v) is 4.57. The van der Waals surface area contributed by atoms with Gasteiger partial charge in [0.15, 0.2) is 12.4 Å². The third-order valence-electron chi connectivity index (χ3n) is 2.82. The molecule has 122 valence electrons. The standard InChI is InChI=1S/C13H15F3N2O4/c1-3-9-4-5-11(10(6-9)18(20)21)22-7-12(19)17(2)8-13(14,15)16/h4-6H,3,7-8H2,1-2H3. The zero-order chi connectivity index (χ0) is 16.9. The minimum Gasteiger partial charge on any atom is -0.477 e. The molecule has 0 unspecified atom stereocenters. The van der Waals surface area contributed by atoms with E-state index in [2.05, 4.69) is 0 Å². The van der Waals surface area contributed by atoms with Gasteiger partial charge in [-0.2, -0.15) is 13.2 Å². The van der Waals surface area contributed by atoms with Crippen molar-refractivity contribution in [3.8, 4) is 5.75 Å². The fraction of sp³-hybridized carbons (Fsp3) is 0.462. The van der Waals surface area contributed by atoms with E-state index in [4.69, 9.17) is 4.74 Å². The van der Waals surface area contributed by atoms with Gasteiger partial charge >= 0.3 is 11.9 Å². The topological polar surface area (TPSA) is 72.7 Å². The van der Waals surface area contributed by atoms with Crippen LogP contribution in [0, 0.1) is 10.1 Å². The molecule has 0 fully saturated rings. The Kier molecular flexibility index (Phi) is 5.72. The molecule has 0 spiro atoms. The number of nitro groups is 1. The molecule has 0 aliphatic rings. The quantitative estimate of drug-likeness (QED) is 0.596. The average Bonchev–Trinajstić information content (AvgIpc) is 2.42. The van der Waals surface area contributed by atoms with E-state index in [1.54, 1.807) is 6.07 Å². The minimum absolute atomic E-state index is 0.157. The number of rotatable bonds is 6. The van der Waals surface area contributed by atoms with E-state index in [-0.39, 0.29) is 11.4 Å². The maximum Gasteiger partial charge on any atom is 0.406 e. The Morgan fingerprint density at radius 1 is 1.41 bits per heavy atom. The Morgan fingerprint density at radius 3 is 2.55 bits per heavy atom. The normalized spacial score (nSPS) is 11.1. The number of alkyl halides is 3. The SMILES string of the molecule is CCc1ccc(OCC(=O)N(C)CC(F)(F)F)c([N+](=O)[O-])c1. The molecule has 1 aromatic carbocycles. The molecule has 0 radical (unpaired) electrons. The minimum atomic E-state index is -4.51. The van der Waals surface area contributed by atoms with Crippen LogP contribution in [0.3, 0.4) is 0 Å². The van der Waals surface area contributed by atoms with Crippen LogP contribution < -0.4 is 4.74 Å². The molecule has 0 aliphatic carbocycles. The molecule has 0 bridgehead atoms. The summed E-state index contributed by atoms with van der Waals surface area (Å²) in [6.45, 7) is -0.305. The molecule has 6 nitrogen and oxygen atoms in total. The molecule has 22 heavy (non-hydrogen) atoms. The highest BCUT2D eigenvalue weighted by molar-refractivity contribution is 5.77. The van der Waals surface area contributed by atoms with Crippen LogP contribution in [-0.2, 0) is 11.2 Å². The van der Waals surface area contributed by atoms with Crippen molar-refractivity contribution in [1.82, 2.24) is 4.90 Å². The Labute approximate surface area is 124 Å². The molecule has 9 heteroatoms. The van der Waals surface area contributed by atoms with E-state index in [1.165, 1.54) is 12.1 Å². The fourth-order valence-electron chi connectivity index (χ4n) is 1.65. The molecule has 0 N–H and O–H groups in total. The summed E-state index contributed by atoms with van der Waals surface area (Å²) in [5, 5.41) is 10.9. The van der Waals surface area contributed by atoms with Gasteiger partial charge in [0, 0.05) is 13.1 Å².